The normalized spacial score (nSPS) is 14.4. The molecule has 8 heteroatoms. The molecule has 8 nitrogen and oxygen atoms in total. The van der Waals surface area contributed by atoms with Crippen LogP contribution in [0.3, 0.4) is 0 Å². The second kappa shape index (κ2) is 13.6. The Kier molecular flexibility index (Phi) is 10.1. The van der Waals surface area contributed by atoms with Gasteiger partial charge in [0.25, 0.3) is 11.8 Å². The highest BCUT2D eigenvalue weighted by molar-refractivity contribution is 6.31. The predicted octanol–water partition coefficient (Wildman–Crippen LogP) is 5.08. The second-order valence-electron chi connectivity index (χ2n) is 11.2. The Bertz CT molecular complexity index is 1810. The number of hydrogen-bond acceptors (Lipinski definition) is 3. The van der Waals surface area contributed by atoms with Crippen molar-refractivity contribution >= 4 is 35.5 Å². The number of rotatable bonds is 13. The van der Waals surface area contributed by atoms with E-state index < -0.39 is 5.91 Å². The topological polar surface area (TPSA) is 137 Å². The number of ketones is 1. The summed E-state index contributed by atoms with van der Waals surface area (Å²) in [5.41, 5.74) is 16.6. The lowest BCUT2D eigenvalue weighted by atomic mass is 9.97. The fourth-order valence-electron chi connectivity index (χ4n) is 6.96. The predicted molar refractivity (Wildman–Crippen MR) is 178 cm³/mol. The van der Waals surface area contributed by atoms with Gasteiger partial charge in [0.2, 0.25) is 5.78 Å². The van der Waals surface area contributed by atoms with Crippen molar-refractivity contribution in [1.29, 1.82) is 0 Å². The van der Waals surface area contributed by atoms with Gasteiger partial charge in [0, 0.05) is 22.0 Å². The van der Waals surface area contributed by atoms with E-state index in [4.69, 9.17) is 5.73 Å². The maximum absolute atomic E-state index is 14.1. The number of primary amides is 1. The number of carbonyl (C=O) groups excluding carboxylic acids is 3. The number of H-pyrrole nitrogens is 3. The van der Waals surface area contributed by atoms with E-state index in [0.29, 0.717) is 42.8 Å². The third-order valence-electron chi connectivity index (χ3n) is 9.00. The van der Waals surface area contributed by atoms with Crippen molar-refractivity contribution in [2.24, 2.45) is 10.7 Å². The van der Waals surface area contributed by atoms with Crippen LogP contribution in [0.5, 0.6) is 0 Å². The molecule has 0 atom stereocenters. The lowest BCUT2D eigenvalue weighted by Gasteiger charge is -2.05. The average Bonchev–Trinajstić information content (AvgIpc) is 3.75. The number of carbonyl (C=O) groups is 3. The molecule has 1 aliphatic heterocycles. The molecule has 0 saturated carbocycles. The minimum Gasteiger partial charge on any atom is -0.364 e. The Hall–Kier alpha value is -4.20. The second-order valence-corrected chi connectivity index (χ2v) is 11.2. The zero-order valence-electron chi connectivity index (χ0n) is 27.6. The molecule has 0 aromatic carbocycles. The first-order chi connectivity index (χ1) is 21.1. The van der Waals surface area contributed by atoms with Crippen LogP contribution in [0.1, 0.15) is 134 Å². The number of nitrogens with zero attached hydrogens (tertiary/aromatic N) is 1. The summed E-state index contributed by atoms with van der Waals surface area (Å²) < 4.78 is 0. The number of amides is 2. The Labute approximate surface area is 260 Å². The van der Waals surface area contributed by atoms with Gasteiger partial charge >= 0.3 is 0 Å². The summed E-state index contributed by atoms with van der Waals surface area (Å²) in [6.45, 7) is 16.5. The van der Waals surface area contributed by atoms with Gasteiger partial charge in [0.05, 0.1) is 17.1 Å². The molecule has 4 rings (SSSR count). The third-order valence-corrected chi connectivity index (χ3v) is 9.00. The number of aliphatic imine (C=N–C) groups is 1. The minimum atomic E-state index is -0.556. The summed E-state index contributed by atoms with van der Waals surface area (Å²) in [5, 5.41) is 1.95. The van der Waals surface area contributed by atoms with Crippen molar-refractivity contribution in [1.82, 2.24) is 15.0 Å². The third kappa shape index (κ3) is 5.58. The number of nitrogens with one attached hydrogen (secondary N) is 3. The van der Waals surface area contributed by atoms with E-state index in [-0.39, 0.29) is 11.7 Å². The summed E-state index contributed by atoms with van der Waals surface area (Å²) in [7, 11) is 0. The van der Waals surface area contributed by atoms with E-state index in [1.807, 2.05) is 26.8 Å². The van der Waals surface area contributed by atoms with Crippen LogP contribution < -0.4 is 16.4 Å². The van der Waals surface area contributed by atoms with Crippen molar-refractivity contribution in [2.75, 3.05) is 0 Å². The van der Waals surface area contributed by atoms with Crippen LogP contribution in [0.4, 0.5) is 0 Å². The fraction of sp³-hybridized carbons (Fsp3) is 0.444. The van der Waals surface area contributed by atoms with Crippen LogP contribution >= 0.6 is 0 Å². The lowest BCUT2D eigenvalue weighted by molar-refractivity contribution is -0.114. The van der Waals surface area contributed by atoms with Crippen molar-refractivity contribution in [3.05, 3.63) is 78.0 Å². The Balaban J connectivity index is 1.92. The molecule has 4 heterocycles. The lowest BCUT2D eigenvalue weighted by Crippen LogP contribution is -2.15. The maximum Gasteiger partial charge on any atom is 0.273 e. The van der Waals surface area contributed by atoms with E-state index in [0.717, 1.165) is 81.2 Å². The summed E-state index contributed by atoms with van der Waals surface area (Å²) in [4.78, 5) is 53.5. The molecule has 234 valence electrons. The smallest absolute Gasteiger partial charge is 0.273 e. The Morgan fingerprint density at radius 3 is 1.57 bits per heavy atom. The van der Waals surface area contributed by atoms with Crippen LogP contribution in [0.25, 0.3) is 12.2 Å². The molecule has 5 N–H and O–H groups in total. The molecule has 0 spiro atoms. The number of aromatic nitrogens is 3. The zero-order valence-corrected chi connectivity index (χ0v) is 27.6. The first-order valence-electron chi connectivity index (χ1n) is 16.2. The zero-order chi connectivity index (χ0) is 32.3. The van der Waals surface area contributed by atoms with Gasteiger partial charge in [0.1, 0.15) is 5.69 Å². The van der Waals surface area contributed by atoms with Gasteiger partial charge in [0.15, 0.2) is 0 Å². The fourth-order valence-corrected chi connectivity index (χ4v) is 6.96. The summed E-state index contributed by atoms with van der Waals surface area (Å²) >= 11 is 0. The molecule has 3 aromatic rings. The largest absolute Gasteiger partial charge is 0.364 e. The van der Waals surface area contributed by atoms with Crippen molar-refractivity contribution in [2.45, 2.75) is 107 Å². The average molecular weight is 598 g/mol. The highest BCUT2D eigenvalue weighted by Crippen LogP contribution is 2.28. The van der Waals surface area contributed by atoms with Gasteiger partial charge in [-0.05, 0) is 102 Å². The first kappa shape index (κ1) is 32.7. The van der Waals surface area contributed by atoms with Gasteiger partial charge in [-0.3, -0.25) is 14.4 Å². The molecule has 0 saturated heterocycles. The van der Waals surface area contributed by atoms with Crippen LogP contribution in [0.15, 0.2) is 16.1 Å². The van der Waals surface area contributed by atoms with Gasteiger partial charge in [-0.15, -0.1) is 0 Å². The van der Waals surface area contributed by atoms with Gasteiger partial charge in [-0.1, -0.05) is 55.4 Å². The molecular formula is C36H47N5O3. The molecule has 3 aromatic heterocycles. The molecule has 0 unspecified atom stereocenters. The highest BCUT2D eigenvalue weighted by atomic mass is 16.2. The van der Waals surface area contributed by atoms with Crippen LogP contribution in [0, 0.1) is 0 Å². The monoisotopic (exact) mass is 597 g/mol. The molecule has 0 fully saturated rings. The number of hydrogen-bond donors (Lipinski definition) is 4. The highest BCUT2D eigenvalue weighted by Gasteiger charge is 2.28. The SMILES string of the molecule is CCC1=C(CC)C(/C=c2\[nH]/c(=C\c3[nH]c(C(=O)c4[nH]c(C(N)=O)c(CC)c4CC)c(CC)c3CC)c(CC)c2CC)=NC1=O. The molecule has 1 aliphatic rings. The molecular weight excluding hydrogens is 550 g/mol. The van der Waals surface area contributed by atoms with Crippen LogP contribution in [0.2, 0.25) is 0 Å². The number of nitrogens with two attached hydrogens (primary N) is 1. The molecule has 0 radical (unpaired) electrons. The van der Waals surface area contributed by atoms with Gasteiger partial charge in [-0.2, -0.15) is 0 Å². The molecule has 0 aliphatic carbocycles. The molecule has 2 amide bonds. The number of aromatic amines is 3. The summed E-state index contributed by atoms with van der Waals surface area (Å²) in [6, 6.07) is 0. The van der Waals surface area contributed by atoms with Gasteiger partial charge in [-0.25, -0.2) is 4.99 Å². The summed E-state index contributed by atoms with van der Waals surface area (Å²) in [6.07, 6.45) is 9.88. The van der Waals surface area contributed by atoms with E-state index in [9.17, 15) is 14.4 Å². The van der Waals surface area contributed by atoms with E-state index >= 15 is 0 Å². The standard InChI is InChI=1S/C36H47N5O3/c1-9-19-20(10-2)28(18-30-22(12-4)26(16-8)36(44)40-30)38-27(19)17-29-21(11-3)23(13-5)31(39-29)34(42)32-24(14-6)25(15-7)33(41-32)35(37)43/h17-18,38-39,41H,9-16H2,1-8H3,(H2,37,43)/b27-17-,28-18-. The maximum atomic E-state index is 14.1. The quantitative estimate of drug-likeness (QED) is 0.205. The van der Waals surface area contributed by atoms with E-state index in [1.165, 1.54) is 11.1 Å². The van der Waals surface area contributed by atoms with Crippen LogP contribution in [-0.2, 0) is 43.3 Å². The van der Waals surface area contributed by atoms with Crippen molar-refractivity contribution in [3.63, 3.8) is 0 Å². The summed E-state index contributed by atoms with van der Waals surface area (Å²) in [5.74, 6) is -0.844. The molecule has 0 bridgehead atoms. The van der Waals surface area contributed by atoms with E-state index in [1.54, 1.807) is 0 Å². The van der Waals surface area contributed by atoms with Crippen LogP contribution in [-0.4, -0.2) is 38.3 Å². The first-order valence-corrected chi connectivity index (χ1v) is 16.2. The van der Waals surface area contributed by atoms with Gasteiger partial charge < -0.3 is 20.7 Å². The Morgan fingerprint density at radius 2 is 1.07 bits per heavy atom. The van der Waals surface area contributed by atoms with Crippen molar-refractivity contribution in [3.8, 4) is 0 Å². The Morgan fingerprint density at radius 1 is 0.591 bits per heavy atom. The minimum absolute atomic E-state index is 0.131. The number of allylic oxidation sites excluding steroid dienone is 1. The van der Waals surface area contributed by atoms with E-state index in [2.05, 4.69) is 60.6 Å². The molecule has 44 heavy (non-hydrogen) atoms. The van der Waals surface area contributed by atoms with Crippen molar-refractivity contribution < 1.29 is 14.4 Å².